The van der Waals surface area contributed by atoms with Gasteiger partial charge in [-0.2, -0.15) is 0 Å². The van der Waals surface area contributed by atoms with Crippen LogP contribution < -0.4 is 4.74 Å². The molecule has 7 heteroatoms. The molecule has 1 unspecified atom stereocenters. The third-order valence-electron chi connectivity index (χ3n) is 5.30. The lowest BCUT2D eigenvalue weighted by Crippen LogP contribution is -2.28. The van der Waals surface area contributed by atoms with Crippen molar-refractivity contribution in [2.24, 2.45) is 0 Å². The Morgan fingerprint density at radius 1 is 1.16 bits per heavy atom. The molecule has 1 saturated heterocycles. The molecule has 3 aromatic rings. The zero-order valence-corrected chi connectivity index (χ0v) is 17.8. The molecule has 0 aliphatic carbocycles. The highest BCUT2D eigenvalue weighted by molar-refractivity contribution is 7.10. The van der Waals surface area contributed by atoms with Crippen molar-refractivity contribution in [3.05, 3.63) is 92.9 Å². The smallest absolute Gasteiger partial charge is 0.295 e. The van der Waals surface area contributed by atoms with Crippen molar-refractivity contribution in [2.45, 2.75) is 19.5 Å². The summed E-state index contributed by atoms with van der Waals surface area (Å²) in [4.78, 5) is 28.2. The van der Waals surface area contributed by atoms with Crippen LogP contribution >= 0.6 is 11.3 Å². The Kier molecular flexibility index (Phi) is 5.61. The number of hydrogen-bond donors (Lipinski definition) is 1. The van der Waals surface area contributed by atoms with Crippen LogP contribution in [0.4, 0.5) is 4.39 Å². The van der Waals surface area contributed by atoms with Gasteiger partial charge in [-0.3, -0.25) is 9.59 Å². The number of aryl methyl sites for hydroxylation is 1. The second-order valence-corrected chi connectivity index (χ2v) is 8.23. The SMILES string of the molecule is COc1ccc(CN2C(=O)C(=O)/C(=C(\O)c3ccc(F)c(C)c3)C2c2cccs2)cc1. The normalized spacial score (nSPS) is 17.9. The Morgan fingerprint density at radius 2 is 1.90 bits per heavy atom. The zero-order chi connectivity index (χ0) is 22.1. The Bertz CT molecular complexity index is 1170. The van der Waals surface area contributed by atoms with Crippen LogP contribution in [-0.2, 0) is 16.1 Å². The fraction of sp³-hybridized carbons (Fsp3) is 0.167. The molecule has 1 aliphatic heterocycles. The molecular formula is C24H20FNO4S. The lowest BCUT2D eigenvalue weighted by Gasteiger charge is -2.24. The first-order chi connectivity index (χ1) is 14.9. The van der Waals surface area contributed by atoms with E-state index in [4.69, 9.17) is 4.74 Å². The maximum Gasteiger partial charge on any atom is 0.295 e. The van der Waals surface area contributed by atoms with Gasteiger partial charge in [-0.15, -0.1) is 11.3 Å². The first kappa shape index (κ1) is 20.8. The van der Waals surface area contributed by atoms with E-state index < -0.39 is 23.5 Å². The topological polar surface area (TPSA) is 66.8 Å². The molecule has 2 aromatic carbocycles. The van der Waals surface area contributed by atoms with E-state index in [-0.39, 0.29) is 17.9 Å². The van der Waals surface area contributed by atoms with Gasteiger partial charge in [0.15, 0.2) is 0 Å². The first-order valence-electron chi connectivity index (χ1n) is 9.62. The van der Waals surface area contributed by atoms with Crippen molar-refractivity contribution in [3.63, 3.8) is 0 Å². The summed E-state index contributed by atoms with van der Waals surface area (Å²) in [5, 5.41) is 12.8. The van der Waals surface area contributed by atoms with Gasteiger partial charge in [0.2, 0.25) is 0 Å². The van der Waals surface area contributed by atoms with Crippen LogP contribution in [0.2, 0.25) is 0 Å². The summed E-state index contributed by atoms with van der Waals surface area (Å²) < 4.78 is 18.9. The number of likely N-dealkylation sites (tertiary alicyclic amines) is 1. The van der Waals surface area contributed by atoms with Crippen molar-refractivity contribution in [3.8, 4) is 5.75 Å². The number of nitrogens with zero attached hydrogens (tertiary/aromatic N) is 1. The van der Waals surface area contributed by atoms with Crippen LogP contribution in [0.3, 0.4) is 0 Å². The van der Waals surface area contributed by atoms with Gasteiger partial charge in [-0.1, -0.05) is 18.2 Å². The van der Waals surface area contributed by atoms with Crippen LogP contribution in [0.1, 0.15) is 27.6 Å². The number of carbonyl (C=O) groups is 2. The molecular weight excluding hydrogens is 417 g/mol. The first-order valence-corrected chi connectivity index (χ1v) is 10.5. The largest absolute Gasteiger partial charge is 0.507 e. The summed E-state index contributed by atoms with van der Waals surface area (Å²) in [7, 11) is 1.57. The van der Waals surface area contributed by atoms with E-state index in [1.54, 1.807) is 26.2 Å². The van der Waals surface area contributed by atoms with E-state index in [9.17, 15) is 19.1 Å². The summed E-state index contributed by atoms with van der Waals surface area (Å²) >= 11 is 1.40. The number of Topliss-reactive ketones (excluding diaryl/α,β-unsaturated/α-hetero) is 1. The highest BCUT2D eigenvalue weighted by Gasteiger charge is 2.46. The minimum absolute atomic E-state index is 0.00645. The van der Waals surface area contributed by atoms with Crippen molar-refractivity contribution in [1.29, 1.82) is 0 Å². The summed E-state index contributed by atoms with van der Waals surface area (Å²) in [6.45, 7) is 1.77. The zero-order valence-electron chi connectivity index (χ0n) is 17.0. The molecule has 0 saturated carbocycles. The molecule has 31 heavy (non-hydrogen) atoms. The summed E-state index contributed by atoms with van der Waals surface area (Å²) in [6, 6.07) is 14.2. The number of benzene rings is 2. The predicted octanol–water partition coefficient (Wildman–Crippen LogP) is 4.83. The third kappa shape index (κ3) is 3.84. The number of aliphatic hydroxyl groups excluding tert-OH is 1. The molecule has 1 atom stereocenters. The maximum atomic E-state index is 13.7. The van der Waals surface area contributed by atoms with E-state index in [1.165, 1.54) is 34.4 Å². The van der Waals surface area contributed by atoms with Gasteiger partial charge in [-0.25, -0.2) is 4.39 Å². The lowest BCUT2D eigenvalue weighted by molar-refractivity contribution is -0.140. The molecule has 0 bridgehead atoms. The molecule has 4 rings (SSSR count). The van der Waals surface area contributed by atoms with E-state index in [0.717, 1.165) is 10.4 Å². The summed E-state index contributed by atoms with van der Waals surface area (Å²) in [5.41, 5.74) is 1.46. The van der Waals surface area contributed by atoms with Gasteiger partial charge in [0.25, 0.3) is 11.7 Å². The Hall–Kier alpha value is -3.45. The molecule has 1 aliphatic rings. The lowest BCUT2D eigenvalue weighted by atomic mass is 9.99. The molecule has 1 fully saturated rings. The molecule has 1 amide bonds. The molecule has 2 heterocycles. The Labute approximate surface area is 183 Å². The highest BCUT2D eigenvalue weighted by atomic mass is 32.1. The van der Waals surface area contributed by atoms with Crippen molar-refractivity contribution in [1.82, 2.24) is 4.90 Å². The van der Waals surface area contributed by atoms with Crippen LogP contribution in [0.15, 0.2) is 65.6 Å². The monoisotopic (exact) mass is 437 g/mol. The standard InChI is InChI=1S/C24H20FNO4S/c1-14-12-16(7-10-18(14)25)22(27)20-21(19-4-3-11-31-19)26(24(29)23(20)28)13-15-5-8-17(30-2)9-6-15/h3-12,21,27H,13H2,1-2H3/b22-20-. The quantitative estimate of drug-likeness (QED) is 0.353. The maximum absolute atomic E-state index is 13.7. The van der Waals surface area contributed by atoms with Gasteiger partial charge in [-0.05, 0) is 59.8 Å². The Morgan fingerprint density at radius 3 is 2.52 bits per heavy atom. The molecule has 1 aromatic heterocycles. The number of ketones is 1. The molecule has 0 spiro atoms. The predicted molar refractivity (Wildman–Crippen MR) is 116 cm³/mol. The minimum atomic E-state index is -0.758. The van der Waals surface area contributed by atoms with Gasteiger partial charge >= 0.3 is 0 Å². The number of halogens is 1. The molecule has 1 N–H and O–H groups in total. The number of hydrogen-bond acceptors (Lipinski definition) is 5. The van der Waals surface area contributed by atoms with Gasteiger partial charge in [0.05, 0.1) is 18.7 Å². The number of thiophene rings is 1. The fourth-order valence-corrected chi connectivity index (χ4v) is 4.51. The van der Waals surface area contributed by atoms with Gasteiger partial charge in [0.1, 0.15) is 17.3 Å². The third-order valence-corrected chi connectivity index (χ3v) is 6.22. The molecule has 5 nitrogen and oxygen atoms in total. The average molecular weight is 437 g/mol. The molecule has 0 radical (unpaired) electrons. The van der Waals surface area contributed by atoms with Crippen molar-refractivity contribution < 1.29 is 23.8 Å². The number of methoxy groups -OCH3 is 1. The van der Waals surface area contributed by atoms with Crippen LogP contribution in [-0.4, -0.2) is 28.8 Å². The van der Waals surface area contributed by atoms with E-state index in [0.29, 0.717) is 16.9 Å². The van der Waals surface area contributed by atoms with Crippen LogP contribution in [0, 0.1) is 12.7 Å². The second-order valence-electron chi connectivity index (χ2n) is 7.25. The van der Waals surface area contributed by atoms with Gasteiger partial charge < -0.3 is 14.7 Å². The number of amides is 1. The van der Waals surface area contributed by atoms with E-state index >= 15 is 0 Å². The number of carbonyl (C=O) groups excluding carboxylic acids is 2. The van der Waals surface area contributed by atoms with Crippen LogP contribution in [0.5, 0.6) is 5.75 Å². The number of aliphatic hydroxyl groups is 1. The second kappa shape index (κ2) is 8.35. The van der Waals surface area contributed by atoms with E-state index in [1.807, 2.05) is 29.6 Å². The minimum Gasteiger partial charge on any atom is -0.507 e. The number of ether oxygens (including phenoxy) is 1. The van der Waals surface area contributed by atoms with Crippen molar-refractivity contribution in [2.75, 3.05) is 7.11 Å². The fourth-order valence-electron chi connectivity index (χ4n) is 3.66. The van der Waals surface area contributed by atoms with E-state index in [2.05, 4.69) is 0 Å². The van der Waals surface area contributed by atoms with Crippen LogP contribution in [0.25, 0.3) is 5.76 Å². The van der Waals surface area contributed by atoms with Crippen molar-refractivity contribution >= 4 is 28.8 Å². The Balaban J connectivity index is 1.80. The summed E-state index contributed by atoms with van der Waals surface area (Å²) in [6.07, 6.45) is 0. The molecule has 158 valence electrons. The number of rotatable bonds is 5. The average Bonchev–Trinajstić information content (AvgIpc) is 3.38. The van der Waals surface area contributed by atoms with Gasteiger partial charge in [0, 0.05) is 17.0 Å². The summed E-state index contributed by atoms with van der Waals surface area (Å²) in [5.74, 6) is -1.48. The highest BCUT2D eigenvalue weighted by Crippen LogP contribution is 2.42.